The minimum Gasteiger partial charge on any atom is -0.444 e. The van der Waals surface area contributed by atoms with Crippen LogP contribution in [0.1, 0.15) is 52.5 Å². The lowest BCUT2D eigenvalue weighted by atomic mass is 9.97. The molecular weight excluding hydrogens is 437 g/mol. The number of aromatic nitrogens is 2. The van der Waals surface area contributed by atoms with E-state index in [2.05, 4.69) is 10.4 Å². The van der Waals surface area contributed by atoms with E-state index in [-0.39, 0.29) is 30.1 Å². The fourth-order valence-electron chi connectivity index (χ4n) is 5.16. The number of likely N-dealkylation sites (tertiary alicyclic amines) is 1. The summed E-state index contributed by atoms with van der Waals surface area (Å²) in [6.07, 6.45) is 3.12. The third-order valence-electron chi connectivity index (χ3n) is 6.59. The normalized spacial score (nSPS) is 22.6. The van der Waals surface area contributed by atoms with Crippen LogP contribution in [0.3, 0.4) is 0 Å². The summed E-state index contributed by atoms with van der Waals surface area (Å²) in [6, 6.07) is 6.22. The van der Waals surface area contributed by atoms with Crippen molar-refractivity contribution in [3.63, 3.8) is 0 Å². The zero-order valence-corrected chi connectivity index (χ0v) is 20.3. The van der Waals surface area contributed by atoms with Crippen molar-refractivity contribution >= 4 is 12.0 Å². The molecule has 3 N–H and O–H groups in total. The molecule has 34 heavy (non-hydrogen) atoms. The molecule has 2 aromatic rings. The van der Waals surface area contributed by atoms with Gasteiger partial charge in [-0.05, 0) is 70.6 Å². The van der Waals surface area contributed by atoms with Crippen molar-refractivity contribution in [2.24, 2.45) is 11.7 Å². The van der Waals surface area contributed by atoms with E-state index in [0.29, 0.717) is 12.1 Å². The maximum absolute atomic E-state index is 14.9. The van der Waals surface area contributed by atoms with Crippen LogP contribution < -0.4 is 11.1 Å². The molecule has 1 aromatic carbocycles. The molecule has 1 aromatic heterocycles. The summed E-state index contributed by atoms with van der Waals surface area (Å²) in [7, 11) is 0. The number of piperidine rings is 1. The van der Waals surface area contributed by atoms with Crippen molar-refractivity contribution in [1.82, 2.24) is 20.0 Å². The average Bonchev–Trinajstić information content (AvgIpc) is 3.49. The van der Waals surface area contributed by atoms with E-state index in [4.69, 9.17) is 10.5 Å². The Labute approximate surface area is 199 Å². The first kappa shape index (κ1) is 24.2. The van der Waals surface area contributed by atoms with Gasteiger partial charge in [0, 0.05) is 30.8 Å². The molecule has 0 unspecified atom stereocenters. The number of amides is 2. The van der Waals surface area contributed by atoms with Crippen molar-refractivity contribution in [1.29, 1.82) is 0 Å². The molecule has 9 heteroatoms. The Balaban J connectivity index is 1.42. The lowest BCUT2D eigenvalue weighted by molar-refractivity contribution is -0.128. The van der Waals surface area contributed by atoms with Crippen LogP contribution in [0, 0.1) is 11.7 Å². The fraction of sp³-hybridized carbons (Fsp3) is 0.560. The number of halogens is 1. The van der Waals surface area contributed by atoms with Gasteiger partial charge in [0.15, 0.2) is 0 Å². The average molecular weight is 472 g/mol. The fourth-order valence-corrected chi connectivity index (χ4v) is 5.16. The van der Waals surface area contributed by atoms with Gasteiger partial charge in [0.2, 0.25) is 5.91 Å². The summed E-state index contributed by atoms with van der Waals surface area (Å²) in [4.78, 5) is 27.5. The molecular formula is C25H34FN5O3. The highest BCUT2D eigenvalue weighted by atomic mass is 19.1. The van der Waals surface area contributed by atoms with E-state index >= 15 is 0 Å². The van der Waals surface area contributed by atoms with Gasteiger partial charge in [0.05, 0.1) is 11.9 Å². The van der Waals surface area contributed by atoms with E-state index in [1.165, 1.54) is 6.07 Å². The van der Waals surface area contributed by atoms with E-state index < -0.39 is 23.9 Å². The largest absolute Gasteiger partial charge is 0.444 e. The second-order valence-corrected chi connectivity index (χ2v) is 10.2. The molecule has 184 valence electrons. The van der Waals surface area contributed by atoms with Crippen LogP contribution in [0.2, 0.25) is 0 Å². The molecule has 2 heterocycles. The molecule has 0 radical (unpaired) electrons. The number of hydrogen-bond acceptors (Lipinski definition) is 5. The molecule has 0 spiro atoms. The minimum atomic E-state index is -0.784. The standard InChI is InChI=1S/C25H34FN5O3/c1-5-30-20(10-11-28-30)16-7-6-15(19(26)13-16)14-21(27)29-23(32)22-17-8-9-18(12-17)31(22)24(33)34-25(2,3)4/h6-7,10-11,13,17-18,21-22H,5,8-9,12,14,27H2,1-4H3,(H,29,32)/t17-,18+,21-,22-/m0/s1. The first-order valence-corrected chi connectivity index (χ1v) is 11.9. The molecule has 2 aliphatic rings. The Morgan fingerprint density at radius 2 is 2.06 bits per heavy atom. The third-order valence-corrected chi connectivity index (χ3v) is 6.59. The number of benzene rings is 1. The van der Waals surface area contributed by atoms with Gasteiger partial charge in [-0.15, -0.1) is 0 Å². The Hall–Kier alpha value is -2.94. The molecule has 1 saturated heterocycles. The number of carbonyl (C=O) groups is 2. The highest BCUT2D eigenvalue weighted by Crippen LogP contribution is 2.43. The van der Waals surface area contributed by atoms with Crippen LogP contribution in [-0.4, -0.2) is 50.5 Å². The van der Waals surface area contributed by atoms with Gasteiger partial charge in [-0.3, -0.25) is 14.4 Å². The van der Waals surface area contributed by atoms with Gasteiger partial charge in [0.1, 0.15) is 17.5 Å². The highest BCUT2D eigenvalue weighted by Gasteiger charge is 2.52. The minimum absolute atomic E-state index is 0.00775. The maximum Gasteiger partial charge on any atom is 0.411 e. The van der Waals surface area contributed by atoms with Crippen LogP contribution in [-0.2, 0) is 22.5 Å². The summed E-state index contributed by atoms with van der Waals surface area (Å²) in [5.74, 6) is -0.611. The number of carbonyl (C=O) groups excluding carboxylic acids is 2. The first-order chi connectivity index (χ1) is 16.1. The van der Waals surface area contributed by atoms with Crippen LogP contribution >= 0.6 is 0 Å². The van der Waals surface area contributed by atoms with Crippen LogP contribution in [0.5, 0.6) is 0 Å². The molecule has 2 fully saturated rings. The molecule has 1 saturated carbocycles. The van der Waals surface area contributed by atoms with Crippen molar-refractivity contribution in [2.75, 3.05) is 0 Å². The van der Waals surface area contributed by atoms with E-state index in [0.717, 1.165) is 30.5 Å². The number of hydrogen-bond donors (Lipinski definition) is 2. The molecule has 1 aliphatic carbocycles. The Kier molecular flexibility index (Phi) is 6.66. The number of nitrogens with two attached hydrogens (primary N) is 1. The summed E-state index contributed by atoms with van der Waals surface area (Å²) in [5.41, 5.74) is 7.53. The number of nitrogens with zero attached hydrogens (tertiary/aromatic N) is 3. The monoisotopic (exact) mass is 471 g/mol. The van der Waals surface area contributed by atoms with Crippen LogP contribution in [0.4, 0.5) is 9.18 Å². The third kappa shape index (κ3) is 4.94. The van der Waals surface area contributed by atoms with Gasteiger partial charge < -0.3 is 15.8 Å². The van der Waals surface area contributed by atoms with Crippen molar-refractivity contribution in [3.05, 3.63) is 41.8 Å². The SMILES string of the molecule is CCn1nccc1-c1ccc(C[C@@H](N)NC(=O)[C@@H]2[C@H]3CC[C@H](C3)N2C(=O)OC(C)(C)C)c(F)c1. The number of nitrogens with one attached hydrogen (secondary N) is 1. The molecule has 2 amide bonds. The predicted molar refractivity (Wildman–Crippen MR) is 126 cm³/mol. The summed E-state index contributed by atoms with van der Waals surface area (Å²) in [6.45, 7) is 8.08. The van der Waals surface area contributed by atoms with E-state index in [1.54, 1.807) is 42.6 Å². The van der Waals surface area contributed by atoms with Crippen LogP contribution in [0.25, 0.3) is 11.3 Å². The number of fused-ring (bicyclic) bond motifs is 2. The summed E-state index contributed by atoms with van der Waals surface area (Å²) in [5, 5.41) is 7.02. The first-order valence-electron chi connectivity index (χ1n) is 11.9. The Morgan fingerprint density at radius 3 is 2.74 bits per heavy atom. The summed E-state index contributed by atoms with van der Waals surface area (Å²) >= 11 is 0. The molecule has 4 rings (SSSR count). The highest BCUT2D eigenvalue weighted by molar-refractivity contribution is 5.87. The second-order valence-electron chi connectivity index (χ2n) is 10.2. The number of ether oxygens (including phenoxy) is 1. The molecule has 8 nitrogen and oxygen atoms in total. The topological polar surface area (TPSA) is 102 Å². The maximum atomic E-state index is 14.9. The predicted octanol–water partition coefficient (Wildman–Crippen LogP) is 3.44. The Morgan fingerprint density at radius 1 is 1.29 bits per heavy atom. The van der Waals surface area contributed by atoms with E-state index in [1.807, 2.05) is 19.1 Å². The van der Waals surface area contributed by atoms with Gasteiger partial charge in [-0.2, -0.15) is 5.10 Å². The van der Waals surface area contributed by atoms with Crippen molar-refractivity contribution in [2.45, 2.75) is 83.8 Å². The Bertz CT molecular complexity index is 1060. The molecule has 1 aliphatic heterocycles. The molecule has 4 atom stereocenters. The van der Waals surface area contributed by atoms with Crippen molar-refractivity contribution in [3.8, 4) is 11.3 Å². The second kappa shape index (κ2) is 9.37. The van der Waals surface area contributed by atoms with Gasteiger partial charge in [-0.25, -0.2) is 9.18 Å². The zero-order valence-electron chi connectivity index (χ0n) is 20.3. The quantitative estimate of drug-likeness (QED) is 0.629. The number of rotatable bonds is 6. The lowest BCUT2D eigenvalue weighted by Crippen LogP contribution is -2.57. The summed E-state index contributed by atoms with van der Waals surface area (Å²) < 4.78 is 22.2. The van der Waals surface area contributed by atoms with Crippen LogP contribution in [0.15, 0.2) is 30.5 Å². The van der Waals surface area contributed by atoms with E-state index in [9.17, 15) is 14.0 Å². The zero-order chi connectivity index (χ0) is 24.6. The van der Waals surface area contributed by atoms with Gasteiger partial charge in [0.25, 0.3) is 0 Å². The van der Waals surface area contributed by atoms with Gasteiger partial charge in [-0.1, -0.05) is 12.1 Å². The smallest absolute Gasteiger partial charge is 0.411 e. The van der Waals surface area contributed by atoms with Crippen molar-refractivity contribution < 1.29 is 18.7 Å². The lowest BCUT2D eigenvalue weighted by Gasteiger charge is -2.36. The van der Waals surface area contributed by atoms with Gasteiger partial charge >= 0.3 is 6.09 Å². The molecule has 2 bridgehead atoms. The number of aryl methyl sites for hydroxylation is 1.